The van der Waals surface area contributed by atoms with Gasteiger partial charge in [0.05, 0.1) is 6.04 Å². The molecule has 192 valence electrons. The minimum Gasteiger partial charge on any atom is -0.369 e. The van der Waals surface area contributed by atoms with E-state index in [2.05, 4.69) is 24.0 Å². The number of amides is 2. The predicted molar refractivity (Wildman–Crippen MR) is 140 cm³/mol. The largest absolute Gasteiger partial charge is 0.369 e. The third kappa shape index (κ3) is 3.78. The van der Waals surface area contributed by atoms with Crippen molar-refractivity contribution in [2.75, 3.05) is 6.54 Å². The third-order valence-electron chi connectivity index (χ3n) is 8.38. The summed E-state index contributed by atoms with van der Waals surface area (Å²) in [6.45, 7) is 2.72. The molecule has 0 saturated heterocycles. The van der Waals surface area contributed by atoms with Crippen molar-refractivity contribution in [2.45, 2.75) is 50.5 Å². The van der Waals surface area contributed by atoms with E-state index < -0.39 is 5.95 Å². The molecule has 8 heteroatoms. The fourth-order valence-corrected chi connectivity index (χ4v) is 5.96. The Labute approximate surface area is 219 Å². The minimum absolute atomic E-state index is 0.0310. The molecule has 0 radical (unpaired) electrons. The summed E-state index contributed by atoms with van der Waals surface area (Å²) in [5, 5.41) is 0. The molecule has 2 amide bonds. The smallest absolute Gasteiger partial charge is 0.273 e. The number of primary amides is 1. The van der Waals surface area contributed by atoms with E-state index in [1.807, 2.05) is 39.8 Å². The number of rotatable bonds is 5. The number of hydrogen-bond donors (Lipinski definition) is 1. The zero-order valence-corrected chi connectivity index (χ0v) is 21.1. The second kappa shape index (κ2) is 8.48. The second-order valence-corrected chi connectivity index (χ2v) is 10.8. The molecule has 3 atom stereocenters. The Morgan fingerprint density at radius 2 is 1.89 bits per heavy atom. The lowest BCUT2D eigenvalue weighted by atomic mass is 9.93. The number of carbonyl (C=O) groups excluding carboxylic acids is 2. The molecule has 2 N–H and O–H groups in total. The Morgan fingerprint density at radius 1 is 1.08 bits per heavy atom. The first-order valence-corrected chi connectivity index (χ1v) is 13.3. The van der Waals surface area contributed by atoms with Crippen molar-refractivity contribution in [3.63, 3.8) is 0 Å². The van der Waals surface area contributed by atoms with Gasteiger partial charge in [0.25, 0.3) is 5.91 Å². The van der Waals surface area contributed by atoms with Gasteiger partial charge in [-0.05, 0) is 73.9 Å². The molecule has 0 bridgehead atoms. The zero-order valence-electron chi connectivity index (χ0n) is 21.1. The van der Waals surface area contributed by atoms with Gasteiger partial charge in [-0.15, -0.1) is 0 Å². The first-order chi connectivity index (χ1) is 18.4. The Bertz CT molecular complexity index is 1620. The van der Waals surface area contributed by atoms with Gasteiger partial charge in [-0.25, -0.2) is 9.97 Å². The van der Waals surface area contributed by atoms with E-state index in [0.717, 1.165) is 25.0 Å². The van der Waals surface area contributed by atoms with Crippen LogP contribution >= 0.6 is 0 Å². The van der Waals surface area contributed by atoms with Crippen molar-refractivity contribution in [3.05, 3.63) is 88.9 Å². The van der Waals surface area contributed by atoms with Crippen LogP contribution in [-0.4, -0.2) is 37.6 Å². The number of benzene rings is 1. The number of halogens is 1. The third-order valence-corrected chi connectivity index (χ3v) is 8.38. The van der Waals surface area contributed by atoms with Crippen LogP contribution < -0.4 is 5.73 Å². The molecule has 3 aromatic heterocycles. The maximum Gasteiger partial charge on any atom is 0.273 e. The van der Waals surface area contributed by atoms with E-state index in [-0.39, 0.29) is 29.7 Å². The van der Waals surface area contributed by atoms with Gasteiger partial charge in [-0.2, -0.15) is 4.39 Å². The molecule has 7 nitrogen and oxygen atoms in total. The molecule has 7 rings (SSSR count). The summed E-state index contributed by atoms with van der Waals surface area (Å²) in [5.41, 5.74) is 11.5. The lowest BCUT2D eigenvalue weighted by Gasteiger charge is -2.35. The lowest BCUT2D eigenvalue weighted by Crippen LogP contribution is -2.39. The highest BCUT2D eigenvalue weighted by molar-refractivity contribution is 5.93. The lowest BCUT2D eigenvalue weighted by molar-refractivity contribution is -0.119. The van der Waals surface area contributed by atoms with Gasteiger partial charge in [-0.3, -0.25) is 9.59 Å². The maximum absolute atomic E-state index is 15.1. The van der Waals surface area contributed by atoms with Crippen LogP contribution in [0.4, 0.5) is 4.39 Å². The van der Waals surface area contributed by atoms with Gasteiger partial charge < -0.3 is 15.0 Å². The number of hydrogen-bond acceptors (Lipinski definition) is 4. The number of carbonyl (C=O) groups is 2. The zero-order chi connectivity index (χ0) is 26.1. The first kappa shape index (κ1) is 23.1. The number of nitrogens with zero attached hydrogens (tertiary/aromatic N) is 4. The van der Waals surface area contributed by atoms with Crippen molar-refractivity contribution in [3.8, 4) is 11.1 Å². The summed E-state index contributed by atoms with van der Waals surface area (Å²) >= 11 is 0. The predicted octanol–water partition coefficient (Wildman–Crippen LogP) is 4.76. The van der Waals surface area contributed by atoms with Crippen LogP contribution in [0.3, 0.4) is 0 Å². The van der Waals surface area contributed by atoms with Crippen molar-refractivity contribution in [1.29, 1.82) is 0 Å². The fourth-order valence-electron chi connectivity index (χ4n) is 5.96. The molecular formula is C30H28FN5O2. The van der Waals surface area contributed by atoms with Gasteiger partial charge in [0.1, 0.15) is 11.3 Å². The highest BCUT2D eigenvalue weighted by atomic mass is 19.1. The van der Waals surface area contributed by atoms with Gasteiger partial charge in [0.15, 0.2) is 0 Å². The van der Waals surface area contributed by atoms with Crippen molar-refractivity contribution in [2.24, 2.45) is 11.7 Å². The standard InChI is InChI=1S/C30H28FN5O2/c1-16-20-5-3-2-4-17(20)10-11-35(16)30(38)25-14-26(18-6-7-18)36-15-19(12-27(36)33-25)21-8-9-24(34-28(21)31)22-13-23(22)29(32)37/h2-5,8-9,12,14-16,18,22-23H,6-7,10-11,13H2,1H3,(H2,32,37)/t16-,22?,23?/m1/s1. The van der Waals surface area contributed by atoms with Crippen LogP contribution in [0.25, 0.3) is 16.8 Å². The molecule has 1 aromatic carbocycles. The van der Waals surface area contributed by atoms with Crippen LogP contribution in [0.5, 0.6) is 0 Å². The van der Waals surface area contributed by atoms with Crippen molar-refractivity contribution >= 4 is 17.5 Å². The molecule has 1 aliphatic heterocycles. The van der Waals surface area contributed by atoms with Gasteiger partial charge in [-0.1, -0.05) is 24.3 Å². The second-order valence-electron chi connectivity index (χ2n) is 10.8. The summed E-state index contributed by atoms with van der Waals surface area (Å²) in [6.07, 6.45) is 5.43. The monoisotopic (exact) mass is 509 g/mol. The molecule has 2 aliphatic carbocycles. The van der Waals surface area contributed by atoms with E-state index >= 15 is 4.39 Å². The highest BCUT2D eigenvalue weighted by Crippen LogP contribution is 2.47. The van der Waals surface area contributed by atoms with Gasteiger partial charge in [0, 0.05) is 47.1 Å². The summed E-state index contributed by atoms with van der Waals surface area (Å²) in [7, 11) is 0. The van der Waals surface area contributed by atoms with E-state index in [1.165, 1.54) is 11.1 Å². The van der Waals surface area contributed by atoms with E-state index in [0.29, 0.717) is 47.0 Å². The number of nitrogens with two attached hydrogens (primary N) is 1. The molecular weight excluding hydrogens is 481 g/mol. The molecule has 38 heavy (non-hydrogen) atoms. The summed E-state index contributed by atoms with van der Waals surface area (Å²) in [4.78, 5) is 36.0. The topological polar surface area (TPSA) is 93.6 Å². The Hall–Kier alpha value is -4.07. The Kier molecular flexibility index (Phi) is 5.15. The number of aromatic nitrogens is 3. The van der Waals surface area contributed by atoms with Gasteiger partial charge in [0.2, 0.25) is 11.9 Å². The summed E-state index contributed by atoms with van der Waals surface area (Å²) in [6, 6.07) is 15.5. The highest BCUT2D eigenvalue weighted by Gasteiger charge is 2.44. The Morgan fingerprint density at radius 3 is 2.63 bits per heavy atom. The number of fused-ring (bicyclic) bond motifs is 2. The van der Waals surface area contributed by atoms with E-state index in [1.54, 1.807) is 12.1 Å². The summed E-state index contributed by atoms with van der Waals surface area (Å²) in [5.74, 6) is -1.04. The molecule has 0 spiro atoms. The normalized spacial score (nSPS) is 22.4. The van der Waals surface area contributed by atoms with Crippen LogP contribution in [0.1, 0.15) is 77.1 Å². The average Bonchev–Trinajstić information content (AvgIpc) is 3.84. The molecule has 2 fully saturated rings. The van der Waals surface area contributed by atoms with Crippen molar-refractivity contribution < 1.29 is 14.0 Å². The molecule has 4 aromatic rings. The molecule has 4 heterocycles. The quantitative estimate of drug-likeness (QED) is 0.393. The van der Waals surface area contributed by atoms with E-state index in [4.69, 9.17) is 10.7 Å². The van der Waals surface area contributed by atoms with E-state index in [9.17, 15) is 9.59 Å². The Balaban J connectivity index is 1.23. The van der Waals surface area contributed by atoms with Crippen LogP contribution in [0.15, 0.2) is 54.7 Å². The van der Waals surface area contributed by atoms with Gasteiger partial charge >= 0.3 is 0 Å². The maximum atomic E-state index is 15.1. The minimum atomic E-state index is -0.585. The molecule has 2 unspecified atom stereocenters. The van der Waals surface area contributed by atoms with Crippen molar-refractivity contribution in [1.82, 2.24) is 19.3 Å². The fraction of sp³-hybridized carbons (Fsp3) is 0.333. The molecule has 3 aliphatic rings. The van der Waals surface area contributed by atoms with Crippen LogP contribution in [-0.2, 0) is 11.2 Å². The SMILES string of the molecule is C[C@@H]1c2ccccc2CCN1C(=O)c1cc(C2CC2)n2cc(-c3ccc(C4CC4C(N)=O)nc3F)cc2n1. The average molecular weight is 510 g/mol. The molecule has 2 saturated carbocycles. The van der Waals surface area contributed by atoms with Crippen LogP contribution in [0.2, 0.25) is 0 Å². The first-order valence-electron chi connectivity index (χ1n) is 13.3. The summed E-state index contributed by atoms with van der Waals surface area (Å²) < 4.78 is 17.1. The van der Waals surface area contributed by atoms with Crippen LogP contribution in [0, 0.1) is 11.9 Å². The number of pyridine rings is 1.